The molecule has 1 fully saturated rings. The number of hydrogen-bond donors (Lipinski definition) is 4. The molecule has 2 aromatic rings. The van der Waals surface area contributed by atoms with Gasteiger partial charge >= 0.3 is 0 Å². The van der Waals surface area contributed by atoms with Crippen molar-refractivity contribution in [1.29, 1.82) is 5.41 Å². The van der Waals surface area contributed by atoms with Crippen LogP contribution in [-0.4, -0.2) is 34.7 Å². The Morgan fingerprint density at radius 2 is 1.76 bits per heavy atom. The van der Waals surface area contributed by atoms with Crippen LogP contribution in [-0.2, 0) is 9.53 Å². The van der Waals surface area contributed by atoms with Gasteiger partial charge in [0.1, 0.15) is 5.82 Å². The number of aromatic nitrogens is 2. The van der Waals surface area contributed by atoms with Gasteiger partial charge in [-0.05, 0) is 51.0 Å². The average Bonchev–Trinajstić information content (AvgIpc) is 3.78. The maximum atomic E-state index is 11.7. The molecule has 1 aliphatic rings. The second kappa shape index (κ2) is 21.4. The molecule has 38 heavy (non-hydrogen) atoms. The summed E-state index contributed by atoms with van der Waals surface area (Å²) in [4.78, 5) is 20.6. The topological polar surface area (TPSA) is 126 Å². The number of anilines is 3. The molecule has 3 rings (SSSR count). The monoisotopic (exact) mass is 526 g/mol. The molecular formula is C30H50N6O2. The fourth-order valence-corrected chi connectivity index (χ4v) is 2.67. The first-order chi connectivity index (χ1) is 18.4. The molecule has 0 radical (unpaired) electrons. The predicted octanol–water partition coefficient (Wildman–Crippen LogP) is 7.43. The van der Waals surface area contributed by atoms with Crippen molar-refractivity contribution < 1.29 is 9.53 Å². The third kappa shape index (κ3) is 13.6. The molecule has 1 aliphatic carbocycles. The summed E-state index contributed by atoms with van der Waals surface area (Å²) in [5.74, 6) is 1.49. The molecule has 0 saturated heterocycles. The lowest BCUT2D eigenvalue weighted by atomic mass is 10.1. The molecule has 0 atom stereocenters. The van der Waals surface area contributed by atoms with Gasteiger partial charge in [0.15, 0.2) is 12.4 Å². The van der Waals surface area contributed by atoms with Gasteiger partial charge in [-0.1, -0.05) is 62.0 Å². The Labute approximate surface area is 230 Å². The number of nitrogens with one attached hydrogen (secondary N) is 3. The minimum Gasteiger partial charge on any atom is -0.488 e. The second-order valence-electron chi connectivity index (χ2n) is 7.25. The van der Waals surface area contributed by atoms with Crippen molar-refractivity contribution in [3.63, 3.8) is 0 Å². The van der Waals surface area contributed by atoms with Crippen molar-refractivity contribution in [2.45, 2.75) is 88.1 Å². The van der Waals surface area contributed by atoms with E-state index in [-0.39, 0.29) is 12.5 Å². The van der Waals surface area contributed by atoms with E-state index in [4.69, 9.17) is 15.9 Å². The SMILES string of the molecule is C=C(/C=C(\C)OCC(=O)NC1CC1)c1ncc(C)c(Nc2ccc(N)c(C=N)c2)n1.CC.CC.CC.CC. The molecule has 0 aliphatic heterocycles. The number of amides is 1. The maximum absolute atomic E-state index is 11.7. The van der Waals surface area contributed by atoms with Crippen LogP contribution in [0.15, 0.2) is 42.8 Å². The highest BCUT2D eigenvalue weighted by molar-refractivity contribution is 5.87. The van der Waals surface area contributed by atoms with E-state index in [9.17, 15) is 4.79 Å². The zero-order valence-corrected chi connectivity index (χ0v) is 25.2. The van der Waals surface area contributed by atoms with Crippen LogP contribution in [0.5, 0.6) is 0 Å². The van der Waals surface area contributed by atoms with Gasteiger partial charge in [0.25, 0.3) is 5.91 Å². The van der Waals surface area contributed by atoms with Crippen molar-refractivity contribution >= 4 is 34.9 Å². The van der Waals surface area contributed by atoms with Crippen LogP contribution in [0.3, 0.4) is 0 Å². The molecule has 0 spiro atoms. The quantitative estimate of drug-likeness (QED) is 0.116. The van der Waals surface area contributed by atoms with Crippen LogP contribution in [0.4, 0.5) is 17.2 Å². The minimum atomic E-state index is -0.123. The molecule has 8 heteroatoms. The van der Waals surface area contributed by atoms with E-state index in [1.165, 1.54) is 6.21 Å². The van der Waals surface area contributed by atoms with Crippen molar-refractivity contribution in [1.82, 2.24) is 15.3 Å². The Morgan fingerprint density at radius 3 is 2.32 bits per heavy atom. The number of aryl methyl sites for hydroxylation is 1. The third-order valence-corrected chi connectivity index (χ3v) is 4.51. The molecule has 8 nitrogen and oxygen atoms in total. The Balaban J connectivity index is 0. The number of benzene rings is 1. The maximum Gasteiger partial charge on any atom is 0.258 e. The molecular weight excluding hydrogens is 476 g/mol. The number of nitrogens with zero attached hydrogens (tertiary/aromatic N) is 2. The number of allylic oxidation sites excluding steroid dienone is 3. The van der Waals surface area contributed by atoms with E-state index in [0.717, 1.165) is 24.1 Å². The van der Waals surface area contributed by atoms with Crippen LogP contribution in [0, 0.1) is 12.3 Å². The summed E-state index contributed by atoms with van der Waals surface area (Å²) < 4.78 is 5.49. The molecule has 1 aromatic heterocycles. The summed E-state index contributed by atoms with van der Waals surface area (Å²) in [7, 11) is 0. The van der Waals surface area contributed by atoms with Gasteiger partial charge in [-0.25, -0.2) is 9.97 Å². The number of carbonyl (C=O) groups is 1. The molecule has 1 heterocycles. The molecule has 212 valence electrons. The van der Waals surface area contributed by atoms with Gasteiger partial charge in [0.2, 0.25) is 0 Å². The zero-order valence-electron chi connectivity index (χ0n) is 25.2. The highest BCUT2D eigenvalue weighted by Crippen LogP contribution is 2.23. The van der Waals surface area contributed by atoms with E-state index in [1.54, 1.807) is 31.3 Å². The number of nitrogens with two attached hydrogens (primary N) is 1. The smallest absolute Gasteiger partial charge is 0.258 e. The molecule has 0 bridgehead atoms. The van der Waals surface area contributed by atoms with Crippen molar-refractivity contribution in [2.75, 3.05) is 17.7 Å². The lowest BCUT2D eigenvalue weighted by Gasteiger charge is -2.12. The molecule has 0 unspecified atom stereocenters. The third-order valence-electron chi connectivity index (χ3n) is 4.51. The predicted molar refractivity (Wildman–Crippen MR) is 164 cm³/mol. The molecule has 1 saturated carbocycles. The van der Waals surface area contributed by atoms with Crippen molar-refractivity contribution in [3.05, 3.63) is 59.8 Å². The highest BCUT2D eigenvalue weighted by atomic mass is 16.5. The van der Waals surface area contributed by atoms with Crippen LogP contribution < -0.4 is 16.4 Å². The van der Waals surface area contributed by atoms with E-state index in [2.05, 4.69) is 27.2 Å². The van der Waals surface area contributed by atoms with Crippen LogP contribution in [0.2, 0.25) is 0 Å². The van der Waals surface area contributed by atoms with Crippen LogP contribution in [0.25, 0.3) is 5.57 Å². The van der Waals surface area contributed by atoms with Crippen LogP contribution in [0.1, 0.15) is 92.1 Å². The number of nitrogen functional groups attached to an aromatic ring is 1. The largest absolute Gasteiger partial charge is 0.488 e. The highest BCUT2D eigenvalue weighted by Gasteiger charge is 2.23. The lowest BCUT2D eigenvalue weighted by Crippen LogP contribution is -2.29. The number of carbonyl (C=O) groups excluding carboxylic acids is 1. The molecule has 1 aromatic carbocycles. The van der Waals surface area contributed by atoms with E-state index < -0.39 is 0 Å². The zero-order chi connectivity index (χ0) is 29.7. The summed E-state index contributed by atoms with van der Waals surface area (Å²) in [6, 6.07) is 5.65. The fourth-order valence-electron chi connectivity index (χ4n) is 2.67. The Kier molecular flexibility index (Phi) is 20.6. The standard InChI is InChI=1S/C22H26N6O2.4C2H6/c1-13(8-15(3)30-12-20(29)26-17-4-5-17)21-25-11-14(2)22(28-21)27-18-6-7-19(24)16(9-18)10-23;4*1-2/h6-11,17,23H,1,4-5,12,24H2,2-3H3,(H,26,29)(H,25,27,28);4*1-2H3/b15-8+,23-10?;;;;. The van der Waals surface area contributed by atoms with E-state index >= 15 is 0 Å². The summed E-state index contributed by atoms with van der Waals surface area (Å²) in [5, 5.41) is 13.5. The Morgan fingerprint density at radius 1 is 1.16 bits per heavy atom. The minimum absolute atomic E-state index is 0.0276. The second-order valence-corrected chi connectivity index (χ2v) is 7.25. The van der Waals surface area contributed by atoms with Crippen molar-refractivity contribution in [3.8, 4) is 0 Å². The molecule has 5 N–H and O–H groups in total. The Bertz CT molecular complexity index is 1010. The van der Waals surface area contributed by atoms with Crippen LogP contribution >= 0.6 is 0 Å². The van der Waals surface area contributed by atoms with Gasteiger partial charge < -0.3 is 26.5 Å². The van der Waals surface area contributed by atoms with Gasteiger partial charge in [0.05, 0.1) is 5.76 Å². The fraction of sp³-hybridized carbons (Fsp3) is 0.467. The number of ether oxygens (including phenoxy) is 1. The first-order valence-corrected chi connectivity index (χ1v) is 13.7. The summed E-state index contributed by atoms with van der Waals surface area (Å²) in [6.07, 6.45) is 6.70. The first-order valence-electron chi connectivity index (χ1n) is 13.7. The Hall–Kier alpha value is -3.68. The van der Waals surface area contributed by atoms with Gasteiger partial charge in [-0.15, -0.1) is 0 Å². The number of hydrogen-bond acceptors (Lipinski definition) is 7. The first kappa shape index (κ1) is 36.5. The average molecular weight is 527 g/mol. The lowest BCUT2D eigenvalue weighted by molar-refractivity contribution is -0.124. The van der Waals surface area contributed by atoms with E-state index in [0.29, 0.717) is 40.3 Å². The summed E-state index contributed by atoms with van der Waals surface area (Å²) in [5.41, 5.74) is 9.19. The van der Waals surface area contributed by atoms with E-state index in [1.807, 2.05) is 68.4 Å². The normalized spacial score (nSPS) is 11.3. The number of rotatable bonds is 9. The molecule has 1 amide bonds. The van der Waals surface area contributed by atoms with Gasteiger partial charge in [0, 0.05) is 46.5 Å². The summed E-state index contributed by atoms with van der Waals surface area (Å²) in [6.45, 7) is 23.6. The van der Waals surface area contributed by atoms with Gasteiger partial charge in [-0.3, -0.25) is 4.79 Å². The van der Waals surface area contributed by atoms with Crippen molar-refractivity contribution in [2.24, 2.45) is 0 Å². The van der Waals surface area contributed by atoms with Gasteiger partial charge in [-0.2, -0.15) is 0 Å². The summed E-state index contributed by atoms with van der Waals surface area (Å²) >= 11 is 0.